The van der Waals surface area contributed by atoms with Crippen molar-refractivity contribution in [3.63, 3.8) is 0 Å². The van der Waals surface area contributed by atoms with E-state index in [1.165, 1.54) is 6.33 Å². The van der Waals surface area contributed by atoms with E-state index in [1.54, 1.807) is 18.3 Å². The van der Waals surface area contributed by atoms with Gasteiger partial charge in [-0.15, -0.1) is 0 Å². The molecule has 0 atom stereocenters. The molecule has 5 heteroatoms. The summed E-state index contributed by atoms with van der Waals surface area (Å²) in [5.41, 5.74) is 7.03. The van der Waals surface area contributed by atoms with E-state index in [9.17, 15) is 4.39 Å². The summed E-state index contributed by atoms with van der Waals surface area (Å²) in [5, 5.41) is 0.990. The third kappa shape index (κ3) is 1.66. The van der Waals surface area contributed by atoms with Crippen LogP contribution in [0, 0.1) is 5.82 Å². The van der Waals surface area contributed by atoms with Crippen LogP contribution in [0.4, 0.5) is 10.2 Å². The Morgan fingerprint density at radius 3 is 2.83 bits per heavy atom. The first-order chi connectivity index (χ1) is 8.75. The molecule has 3 aromatic rings. The minimum absolute atomic E-state index is 0.152. The quantitative estimate of drug-likeness (QED) is 0.709. The molecular weight excluding hydrogens is 231 g/mol. The number of benzene rings is 1. The second-order valence-electron chi connectivity index (χ2n) is 3.83. The summed E-state index contributed by atoms with van der Waals surface area (Å²) in [6.45, 7) is 0. The van der Waals surface area contributed by atoms with E-state index in [2.05, 4.69) is 15.0 Å². The lowest BCUT2D eigenvalue weighted by molar-refractivity contribution is 0.624. The molecule has 0 saturated carbocycles. The molecule has 0 bridgehead atoms. The Morgan fingerprint density at radius 2 is 1.94 bits per heavy atom. The molecule has 3 rings (SSSR count). The maximum atomic E-state index is 13.8. The highest BCUT2D eigenvalue weighted by molar-refractivity contribution is 5.83. The first-order valence-corrected chi connectivity index (χ1v) is 5.37. The second kappa shape index (κ2) is 4.03. The van der Waals surface area contributed by atoms with Gasteiger partial charge in [0.2, 0.25) is 0 Å². The molecule has 0 saturated heterocycles. The minimum Gasteiger partial charge on any atom is -0.381 e. The maximum absolute atomic E-state index is 13.8. The van der Waals surface area contributed by atoms with E-state index in [4.69, 9.17) is 5.73 Å². The van der Waals surface area contributed by atoms with Crippen LogP contribution in [0.5, 0.6) is 0 Å². The molecule has 88 valence electrons. The van der Waals surface area contributed by atoms with Crippen molar-refractivity contribution < 1.29 is 4.39 Å². The van der Waals surface area contributed by atoms with Gasteiger partial charge in [-0.05, 0) is 12.1 Å². The number of pyridine rings is 1. The van der Waals surface area contributed by atoms with Crippen molar-refractivity contribution in [2.24, 2.45) is 0 Å². The Balaban J connectivity index is 2.22. The Hall–Kier alpha value is -2.56. The molecule has 0 amide bonds. The highest BCUT2D eigenvalue weighted by Crippen LogP contribution is 2.25. The molecule has 0 spiro atoms. The van der Waals surface area contributed by atoms with Gasteiger partial charge in [-0.2, -0.15) is 0 Å². The number of fused-ring (bicyclic) bond motifs is 1. The van der Waals surface area contributed by atoms with Gasteiger partial charge in [0, 0.05) is 17.1 Å². The van der Waals surface area contributed by atoms with Gasteiger partial charge in [0.1, 0.15) is 12.0 Å². The Labute approximate surface area is 102 Å². The van der Waals surface area contributed by atoms with E-state index >= 15 is 0 Å². The number of hydrogen-bond acceptors (Lipinski definition) is 4. The number of halogens is 1. The molecule has 2 N–H and O–H groups in total. The SMILES string of the molecule is Nc1ncnc(-c2ccc3cccnc3c2)c1F. The predicted molar refractivity (Wildman–Crippen MR) is 67.1 cm³/mol. The van der Waals surface area contributed by atoms with Gasteiger partial charge in [0.25, 0.3) is 0 Å². The molecule has 1 aromatic carbocycles. The first-order valence-electron chi connectivity index (χ1n) is 5.37. The van der Waals surface area contributed by atoms with Crippen LogP contribution < -0.4 is 5.73 Å². The van der Waals surface area contributed by atoms with E-state index in [-0.39, 0.29) is 11.5 Å². The molecule has 4 nitrogen and oxygen atoms in total. The number of nitrogens with zero attached hydrogens (tertiary/aromatic N) is 3. The standard InChI is InChI=1S/C13H9FN4/c14-11-12(17-7-18-13(11)15)9-4-3-8-2-1-5-16-10(8)6-9/h1-7H,(H2,15,17,18). The zero-order valence-corrected chi connectivity index (χ0v) is 9.34. The van der Waals surface area contributed by atoms with Crippen molar-refractivity contribution >= 4 is 16.7 Å². The third-order valence-corrected chi connectivity index (χ3v) is 2.70. The fourth-order valence-corrected chi connectivity index (χ4v) is 1.80. The number of anilines is 1. The lowest BCUT2D eigenvalue weighted by atomic mass is 10.1. The summed E-state index contributed by atoms with van der Waals surface area (Å²) in [6, 6.07) is 9.23. The molecule has 0 aliphatic rings. The van der Waals surface area contributed by atoms with Gasteiger partial charge >= 0.3 is 0 Å². The Kier molecular flexibility index (Phi) is 2.37. The molecular formula is C13H9FN4. The van der Waals surface area contributed by atoms with Gasteiger partial charge in [0.05, 0.1) is 5.52 Å². The van der Waals surface area contributed by atoms with Crippen LogP contribution in [0.1, 0.15) is 0 Å². The summed E-state index contributed by atoms with van der Waals surface area (Å²) in [6.07, 6.45) is 2.94. The van der Waals surface area contributed by atoms with Crippen molar-refractivity contribution in [2.45, 2.75) is 0 Å². The smallest absolute Gasteiger partial charge is 0.191 e. The van der Waals surface area contributed by atoms with Crippen molar-refractivity contribution in [1.29, 1.82) is 0 Å². The lowest BCUT2D eigenvalue weighted by Gasteiger charge is -2.04. The summed E-state index contributed by atoms with van der Waals surface area (Å²) in [4.78, 5) is 11.7. The molecule has 18 heavy (non-hydrogen) atoms. The van der Waals surface area contributed by atoms with E-state index < -0.39 is 5.82 Å². The average molecular weight is 240 g/mol. The van der Waals surface area contributed by atoms with Gasteiger partial charge in [0.15, 0.2) is 11.6 Å². The van der Waals surface area contributed by atoms with Crippen LogP contribution in [-0.4, -0.2) is 15.0 Å². The molecule has 0 aliphatic carbocycles. The van der Waals surface area contributed by atoms with Gasteiger partial charge in [-0.25, -0.2) is 14.4 Å². The number of rotatable bonds is 1. The maximum Gasteiger partial charge on any atom is 0.191 e. The summed E-state index contributed by atoms with van der Waals surface area (Å²) in [7, 11) is 0. The highest BCUT2D eigenvalue weighted by Gasteiger charge is 2.11. The highest BCUT2D eigenvalue weighted by atomic mass is 19.1. The number of nitrogen functional groups attached to an aromatic ring is 1. The largest absolute Gasteiger partial charge is 0.381 e. The van der Waals surface area contributed by atoms with E-state index in [1.807, 2.05) is 18.2 Å². The molecule has 0 fully saturated rings. The van der Waals surface area contributed by atoms with Gasteiger partial charge in [-0.3, -0.25) is 4.98 Å². The van der Waals surface area contributed by atoms with Crippen molar-refractivity contribution in [3.05, 3.63) is 48.7 Å². The average Bonchev–Trinajstić information content (AvgIpc) is 2.41. The van der Waals surface area contributed by atoms with Crippen LogP contribution in [0.2, 0.25) is 0 Å². The summed E-state index contributed by atoms with van der Waals surface area (Å²) >= 11 is 0. The normalized spacial score (nSPS) is 10.7. The molecule has 2 heterocycles. The summed E-state index contributed by atoms with van der Waals surface area (Å²) < 4.78 is 13.8. The fourth-order valence-electron chi connectivity index (χ4n) is 1.80. The predicted octanol–water partition coefficient (Wildman–Crippen LogP) is 2.41. The van der Waals surface area contributed by atoms with E-state index in [0.717, 1.165) is 10.9 Å². The van der Waals surface area contributed by atoms with Crippen LogP contribution >= 0.6 is 0 Å². The molecule has 0 unspecified atom stereocenters. The Bertz CT molecular complexity index is 727. The monoisotopic (exact) mass is 240 g/mol. The zero-order chi connectivity index (χ0) is 12.5. The van der Waals surface area contributed by atoms with Gasteiger partial charge < -0.3 is 5.73 Å². The van der Waals surface area contributed by atoms with Crippen LogP contribution in [0.25, 0.3) is 22.2 Å². The first kappa shape index (κ1) is 10.6. The van der Waals surface area contributed by atoms with Crippen LogP contribution in [0.3, 0.4) is 0 Å². The summed E-state index contributed by atoms with van der Waals surface area (Å²) in [5.74, 6) is -0.756. The number of nitrogens with two attached hydrogens (primary N) is 1. The van der Waals surface area contributed by atoms with Crippen molar-refractivity contribution in [1.82, 2.24) is 15.0 Å². The topological polar surface area (TPSA) is 64.7 Å². The Morgan fingerprint density at radius 1 is 1.06 bits per heavy atom. The number of aromatic nitrogens is 3. The molecule has 2 aromatic heterocycles. The second-order valence-corrected chi connectivity index (χ2v) is 3.83. The molecule has 0 radical (unpaired) electrons. The van der Waals surface area contributed by atoms with Crippen molar-refractivity contribution in [2.75, 3.05) is 5.73 Å². The third-order valence-electron chi connectivity index (χ3n) is 2.70. The van der Waals surface area contributed by atoms with Crippen LogP contribution in [0.15, 0.2) is 42.9 Å². The van der Waals surface area contributed by atoms with Crippen molar-refractivity contribution in [3.8, 4) is 11.3 Å². The molecule has 0 aliphatic heterocycles. The lowest BCUT2D eigenvalue weighted by Crippen LogP contribution is -1.99. The zero-order valence-electron chi connectivity index (χ0n) is 9.34. The van der Waals surface area contributed by atoms with Crippen LogP contribution in [-0.2, 0) is 0 Å². The number of hydrogen-bond donors (Lipinski definition) is 1. The van der Waals surface area contributed by atoms with Gasteiger partial charge in [-0.1, -0.05) is 18.2 Å². The van der Waals surface area contributed by atoms with E-state index in [0.29, 0.717) is 5.56 Å². The minimum atomic E-state index is -0.604. The fraction of sp³-hybridized carbons (Fsp3) is 0.